The van der Waals surface area contributed by atoms with Gasteiger partial charge in [0, 0.05) is 18.5 Å². The molecule has 0 atom stereocenters. The summed E-state index contributed by atoms with van der Waals surface area (Å²) < 4.78 is 5.31. The van der Waals surface area contributed by atoms with Crippen molar-refractivity contribution in [2.45, 2.75) is 45.6 Å². The van der Waals surface area contributed by atoms with E-state index in [2.05, 4.69) is 35.7 Å². The van der Waals surface area contributed by atoms with Gasteiger partial charge in [0.25, 0.3) is 0 Å². The molecule has 0 aromatic carbocycles. The van der Waals surface area contributed by atoms with E-state index in [-0.39, 0.29) is 0 Å². The molecule has 1 aromatic heterocycles. The summed E-state index contributed by atoms with van der Waals surface area (Å²) in [5, 5.41) is 10.9. The molecule has 0 radical (unpaired) electrons. The maximum atomic E-state index is 5.31. The maximum Gasteiger partial charge on any atom is 0.140 e. The fourth-order valence-electron chi connectivity index (χ4n) is 1.92. The van der Waals surface area contributed by atoms with Crippen LogP contribution in [0, 0.1) is 5.92 Å². The Morgan fingerprint density at radius 3 is 2.83 bits per heavy atom. The first-order valence-corrected chi connectivity index (χ1v) is 7.12. The van der Waals surface area contributed by atoms with E-state index in [1.807, 2.05) is 0 Å². The molecule has 1 aromatic rings. The Morgan fingerprint density at radius 1 is 1.33 bits per heavy atom. The lowest BCUT2D eigenvalue weighted by Gasteiger charge is -2.07. The van der Waals surface area contributed by atoms with Crippen molar-refractivity contribution >= 4 is 0 Å². The predicted octanol–water partition coefficient (Wildman–Crippen LogP) is 2.28. The molecule has 0 aliphatic heterocycles. The highest BCUT2D eigenvalue weighted by Crippen LogP contribution is 2.40. The molecule has 1 saturated carbocycles. The number of rotatable bonds is 9. The number of hydrogen-bond donors (Lipinski definition) is 2. The number of aromatic nitrogens is 1. The van der Waals surface area contributed by atoms with Gasteiger partial charge in [-0.15, -0.1) is 0 Å². The van der Waals surface area contributed by atoms with Gasteiger partial charge in [-0.25, -0.2) is 0 Å². The molecule has 0 spiro atoms. The van der Waals surface area contributed by atoms with Gasteiger partial charge in [-0.05, 0) is 44.8 Å². The Bertz CT molecular complexity index is 345. The Labute approximate surface area is 110 Å². The van der Waals surface area contributed by atoms with Crippen molar-refractivity contribution < 1.29 is 4.52 Å². The lowest BCUT2D eigenvalue weighted by molar-refractivity contribution is 0.376. The molecule has 1 fully saturated rings. The molecule has 102 valence electrons. The summed E-state index contributed by atoms with van der Waals surface area (Å²) in [5.74, 6) is 2.46. The first-order valence-electron chi connectivity index (χ1n) is 7.12. The third kappa shape index (κ3) is 4.78. The monoisotopic (exact) mass is 251 g/mol. The van der Waals surface area contributed by atoms with Gasteiger partial charge >= 0.3 is 0 Å². The van der Waals surface area contributed by atoms with E-state index >= 15 is 0 Å². The summed E-state index contributed by atoms with van der Waals surface area (Å²) in [6.07, 6.45) is 3.69. The molecule has 0 saturated heterocycles. The van der Waals surface area contributed by atoms with E-state index in [4.69, 9.17) is 4.52 Å². The minimum Gasteiger partial charge on any atom is -0.361 e. The molecular formula is C14H25N3O. The van der Waals surface area contributed by atoms with Crippen LogP contribution >= 0.6 is 0 Å². The fraction of sp³-hybridized carbons (Fsp3) is 0.786. The largest absolute Gasteiger partial charge is 0.361 e. The summed E-state index contributed by atoms with van der Waals surface area (Å²) in [7, 11) is 0. The molecule has 2 rings (SSSR count). The number of hydrogen-bond acceptors (Lipinski definition) is 4. The maximum absolute atomic E-state index is 5.31. The quantitative estimate of drug-likeness (QED) is 0.661. The molecule has 18 heavy (non-hydrogen) atoms. The average molecular weight is 251 g/mol. The van der Waals surface area contributed by atoms with E-state index in [0.29, 0.717) is 5.92 Å². The van der Waals surface area contributed by atoms with Gasteiger partial charge in [0.15, 0.2) is 0 Å². The van der Waals surface area contributed by atoms with Crippen LogP contribution in [0.4, 0.5) is 0 Å². The zero-order valence-electron chi connectivity index (χ0n) is 11.5. The SMILES string of the molecule is CC(C)CNCCCNCc1cc(C2CC2)on1. The normalized spacial score (nSPS) is 15.5. The molecule has 1 aliphatic rings. The smallest absolute Gasteiger partial charge is 0.140 e. The highest BCUT2D eigenvalue weighted by molar-refractivity contribution is 5.14. The summed E-state index contributed by atoms with van der Waals surface area (Å²) in [4.78, 5) is 0. The minimum absolute atomic E-state index is 0.659. The highest BCUT2D eigenvalue weighted by Gasteiger charge is 2.27. The average Bonchev–Trinajstić information content (AvgIpc) is 3.08. The van der Waals surface area contributed by atoms with Gasteiger partial charge in [0.1, 0.15) is 5.76 Å². The van der Waals surface area contributed by atoms with Crippen molar-refractivity contribution in [1.29, 1.82) is 0 Å². The second-order valence-electron chi connectivity index (χ2n) is 5.62. The summed E-state index contributed by atoms with van der Waals surface area (Å²) >= 11 is 0. The van der Waals surface area contributed by atoms with Crippen LogP contribution in [0.1, 0.15) is 50.5 Å². The van der Waals surface area contributed by atoms with Crippen LogP contribution in [-0.4, -0.2) is 24.8 Å². The molecule has 1 aliphatic carbocycles. The van der Waals surface area contributed by atoms with Gasteiger partial charge in [-0.3, -0.25) is 0 Å². The molecule has 2 N–H and O–H groups in total. The summed E-state index contributed by atoms with van der Waals surface area (Å²) in [6, 6.07) is 2.10. The molecule has 0 unspecified atom stereocenters. The predicted molar refractivity (Wildman–Crippen MR) is 72.5 cm³/mol. The molecular weight excluding hydrogens is 226 g/mol. The summed E-state index contributed by atoms with van der Waals surface area (Å²) in [5.41, 5.74) is 1.03. The zero-order valence-corrected chi connectivity index (χ0v) is 11.5. The van der Waals surface area contributed by atoms with Gasteiger partial charge in [-0.2, -0.15) is 0 Å². The van der Waals surface area contributed by atoms with Gasteiger partial charge in [-0.1, -0.05) is 19.0 Å². The Hall–Kier alpha value is -0.870. The summed E-state index contributed by atoms with van der Waals surface area (Å²) in [6.45, 7) is 8.49. The van der Waals surface area contributed by atoms with Crippen LogP contribution in [0.15, 0.2) is 10.6 Å². The highest BCUT2D eigenvalue weighted by atomic mass is 16.5. The van der Waals surface area contributed by atoms with E-state index < -0.39 is 0 Å². The van der Waals surface area contributed by atoms with Crippen LogP contribution in [0.3, 0.4) is 0 Å². The molecule has 4 heteroatoms. The lowest BCUT2D eigenvalue weighted by atomic mass is 10.2. The van der Waals surface area contributed by atoms with E-state index in [1.54, 1.807) is 0 Å². The molecule has 0 amide bonds. The second-order valence-corrected chi connectivity index (χ2v) is 5.62. The number of nitrogens with one attached hydrogen (secondary N) is 2. The van der Waals surface area contributed by atoms with Crippen LogP contribution < -0.4 is 10.6 Å². The molecule has 0 bridgehead atoms. The zero-order chi connectivity index (χ0) is 12.8. The topological polar surface area (TPSA) is 50.1 Å². The lowest BCUT2D eigenvalue weighted by Crippen LogP contribution is -2.24. The Balaban J connectivity index is 1.49. The minimum atomic E-state index is 0.659. The van der Waals surface area contributed by atoms with Crippen molar-refractivity contribution in [2.75, 3.05) is 19.6 Å². The first kappa shape index (κ1) is 13.6. The van der Waals surface area contributed by atoms with Crippen LogP contribution in [0.25, 0.3) is 0 Å². The van der Waals surface area contributed by atoms with Crippen molar-refractivity contribution in [3.05, 3.63) is 17.5 Å². The number of nitrogens with zero attached hydrogens (tertiary/aromatic N) is 1. The van der Waals surface area contributed by atoms with Crippen molar-refractivity contribution in [1.82, 2.24) is 15.8 Å². The molecule has 1 heterocycles. The second kappa shape index (κ2) is 6.90. The molecule has 4 nitrogen and oxygen atoms in total. The van der Waals surface area contributed by atoms with Gasteiger partial charge in [0.05, 0.1) is 5.69 Å². The standard InChI is InChI=1S/C14H25N3O/c1-11(2)9-15-6-3-7-16-10-13-8-14(18-17-13)12-4-5-12/h8,11-12,15-16H,3-7,9-10H2,1-2H3. The van der Waals surface area contributed by atoms with E-state index in [9.17, 15) is 0 Å². The third-order valence-electron chi connectivity index (χ3n) is 3.12. The Morgan fingerprint density at radius 2 is 2.11 bits per heavy atom. The van der Waals surface area contributed by atoms with Gasteiger partial charge in [0.2, 0.25) is 0 Å². The first-order chi connectivity index (χ1) is 8.75. The van der Waals surface area contributed by atoms with E-state index in [0.717, 1.165) is 50.0 Å². The van der Waals surface area contributed by atoms with Crippen molar-refractivity contribution in [3.8, 4) is 0 Å². The Kier molecular flexibility index (Phi) is 5.20. The third-order valence-corrected chi connectivity index (χ3v) is 3.12. The van der Waals surface area contributed by atoms with Crippen LogP contribution in [0.5, 0.6) is 0 Å². The van der Waals surface area contributed by atoms with Crippen molar-refractivity contribution in [2.24, 2.45) is 5.92 Å². The van der Waals surface area contributed by atoms with Crippen molar-refractivity contribution in [3.63, 3.8) is 0 Å². The fourth-order valence-corrected chi connectivity index (χ4v) is 1.92. The van der Waals surface area contributed by atoms with Gasteiger partial charge < -0.3 is 15.2 Å². The van der Waals surface area contributed by atoms with E-state index in [1.165, 1.54) is 12.8 Å². The van der Waals surface area contributed by atoms with Crippen LogP contribution in [0.2, 0.25) is 0 Å². The van der Waals surface area contributed by atoms with Crippen LogP contribution in [-0.2, 0) is 6.54 Å².